The molecular formula is C15H20O4. The standard InChI is InChI=1S/C15H20O4/c1-4-15(5-2,6-3)19-14(18)12-10-8-7-9-11(12)13(16)17/h7-10H,4-6H2,1-3H3,(H,16,17). The predicted octanol–water partition coefficient (Wildman–Crippen LogP) is 3.51. The zero-order valence-corrected chi connectivity index (χ0v) is 11.6. The van der Waals surface area contributed by atoms with Crippen LogP contribution in [0.2, 0.25) is 0 Å². The van der Waals surface area contributed by atoms with Crippen LogP contribution in [0.5, 0.6) is 0 Å². The fraction of sp³-hybridized carbons (Fsp3) is 0.467. The minimum Gasteiger partial charge on any atom is -0.478 e. The molecule has 0 heterocycles. The van der Waals surface area contributed by atoms with E-state index < -0.39 is 17.5 Å². The molecule has 0 atom stereocenters. The third-order valence-electron chi connectivity index (χ3n) is 3.62. The van der Waals surface area contributed by atoms with Gasteiger partial charge in [-0.3, -0.25) is 0 Å². The van der Waals surface area contributed by atoms with E-state index >= 15 is 0 Å². The largest absolute Gasteiger partial charge is 0.478 e. The topological polar surface area (TPSA) is 63.6 Å². The van der Waals surface area contributed by atoms with E-state index in [-0.39, 0.29) is 11.1 Å². The molecule has 0 amide bonds. The molecule has 1 N–H and O–H groups in total. The van der Waals surface area contributed by atoms with Crippen molar-refractivity contribution in [1.29, 1.82) is 0 Å². The molecule has 4 heteroatoms. The third-order valence-corrected chi connectivity index (χ3v) is 3.62. The molecule has 0 aliphatic heterocycles. The van der Waals surface area contributed by atoms with Crippen LogP contribution in [-0.2, 0) is 4.74 Å². The van der Waals surface area contributed by atoms with E-state index in [0.717, 1.165) is 0 Å². The Bertz CT molecular complexity index is 453. The van der Waals surface area contributed by atoms with E-state index in [4.69, 9.17) is 9.84 Å². The molecule has 0 saturated heterocycles. The van der Waals surface area contributed by atoms with Crippen LogP contribution in [0, 0.1) is 0 Å². The average Bonchev–Trinajstić information content (AvgIpc) is 2.44. The second-order valence-electron chi connectivity index (χ2n) is 4.48. The molecule has 1 aromatic carbocycles. The van der Waals surface area contributed by atoms with Gasteiger partial charge in [-0.1, -0.05) is 32.9 Å². The highest BCUT2D eigenvalue weighted by atomic mass is 16.6. The number of ether oxygens (including phenoxy) is 1. The Morgan fingerprint density at radius 2 is 1.53 bits per heavy atom. The smallest absolute Gasteiger partial charge is 0.339 e. The highest BCUT2D eigenvalue weighted by Gasteiger charge is 2.30. The fourth-order valence-electron chi connectivity index (χ4n) is 2.07. The van der Waals surface area contributed by atoms with Crippen molar-refractivity contribution >= 4 is 11.9 Å². The lowest BCUT2D eigenvalue weighted by atomic mass is 9.94. The fourth-order valence-corrected chi connectivity index (χ4v) is 2.07. The number of hydrogen-bond donors (Lipinski definition) is 1. The number of benzene rings is 1. The number of rotatable bonds is 6. The van der Waals surface area contributed by atoms with E-state index in [1.807, 2.05) is 20.8 Å². The maximum absolute atomic E-state index is 12.2. The molecular weight excluding hydrogens is 244 g/mol. The molecule has 19 heavy (non-hydrogen) atoms. The molecule has 0 aliphatic carbocycles. The van der Waals surface area contributed by atoms with E-state index in [1.165, 1.54) is 12.1 Å². The number of esters is 1. The maximum atomic E-state index is 12.2. The van der Waals surface area contributed by atoms with E-state index in [0.29, 0.717) is 19.3 Å². The summed E-state index contributed by atoms with van der Waals surface area (Å²) in [6.45, 7) is 5.89. The normalized spacial score (nSPS) is 11.1. The summed E-state index contributed by atoms with van der Waals surface area (Å²) < 4.78 is 5.56. The molecule has 0 radical (unpaired) electrons. The van der Waals surface area contributed by atoms with Crippen molar-refractivity contribution in [2.24, 2.45) is 0 Å². The van der Waals surface area contributed by atoms with Crippen molar-refractivity contribution in [2.45, 2.75) is 45.6 Å². The van der Waals surface area contributed by atoms with Gasteiger partial charge in [-0.25, -0.2) is 9.59 Å². The summed E-state index contributed by atoms with van der Waals surface area (Å²) in [4.78, 5) is 23.3. The number of aromatic carboxylic acids is 1. The molecule has 0 fully saturated rings. The van der Waals surface area contributed by atoms with Gasteiger partial charge in [-0.15, -0.1) is 0 Å². The van der Waals surface area contributed by atoms with E-state index in [2.05, 4.69) is 0 Å². The van der Waals surface area contributed by atoms with Gasteiger partial charge in [0, 0.05) is 0 Å². The van der Waals surface area contributed by atoms with Gasteiger partial charge in [0.25, 0.3) is 0 Å². The first-order valence-electron chi connectivity index (χ1n) is 6.55. The second-order valence-corrected chi connectivity index (χ2v) is 4.48. The van der Waals surface area contributed by atoms with Crippen LogP contribution in [0.25, 0.3) is 0 Å². The first kappa shape index (κ1) is 15.2. The molecule has 0 aliphatic rings. The SMILES string of the molecule is CCC(CC)(CC)OC(=O)c1ccccc1C(=O)O. The van der Waals surface area contributed by atoms with Gasteiger partial charge >= 0.3 is 11.9 Å². The average molecular weight is 264 g/mol. The molecule has 0 saturated carbocycles. The van der Waals surface area contributed by atoms with Gasteiger partial charge in [0.2, 0.25) is 0 Å². The van der Waals surface area contributed by atoms with Gasteiger partial charge in [-0.2, -0.15) is 0 Å². The number of carboxylic acid groups (broad SMARTS) is 1. The Balaban J connectivity index is 3.05. The Labute approximate surface area is 113 Å². The lowest BCUT2D eigenvalue weighted by Crippen LogP contribution is -2.33. The van der Waals surface area contributed by atoms with Gasteiger partial charge in [0.1, 0.15) is 5.60 Å². The highest BCUT2D eigenvalue weighted by Crippen LogP contribution is 2.26. The number of carboxylic acids is 1. The van der Waals surface area contributed by atoms with E-state index in [1.54, 1.807) is 12.1 Å². The minimum atomic E-state index is -1.12. The maximum Gasteiger partial charge on any atom is 0.339 e. The van der Waals surface area contributed by atoms with Crippen molar-refractivity contribution in [2.75, 3.05) is 0 Å². The van der Waals surface area contributed by atoms with Gasteiger partial charge < -0.3 is 9.84 Å². The molecule has 104 valence electrons. The van der Waals surface area contributed by atoms with Crippen LogP contribution in [0.3, 0.4) is 0 Å². The minimum absolute atomic E-state index is 0.0234. The number of hydrogen-bond acceptors (Lipinski definition) is 3. The van der Waals surface area contributed by atoms with Gasteiger partial charge in [0.05, 0.1) is 11.1 Å². The molecule has 0 spiro atoms. The van der Waals surface area contributed by atoms with Crippen molar-refractivity contribution in [3.05, 3.63) is 35.4 Å². The Kier molecular flexibility index (Phi) is 5.10. The van der Waals surface area contributed by atoms with E-state index in [9.17, 15) is 9.59 Å². The molecule has 4 nitrogen and oxygen atoms in total. The zero-order valence-electron chi connectivity index (χ0n) is 11.6. The first-order valence-corrected chi connectivity index (χ1v) is 6.55. The lowest BCUT2D eigenvalue weighted by molar-refractivity contribution is -0.0251. The summed E-state index contributed by atoms with van der Waals surface area (Å²) in [5.41, 5.74) is -0.428. The van der Waals surface area contributed by atoms with Crippen molar-refractivity contribution in [3.8, 4) is 0 Å². The Morgan fingerprint density at radius 1 is 1.05 bits per heavy atom. The summed E-state index contributed by atoms with van der Waals surface area (Å²) in [5.74, 6) is -1.69. The van der Waals surface area contributed by atoms with Gasteiger partial charge in [0.15, 0.2) is 0 Å². The molecule has 1 rings (SSSR count). The first-order chi connectivity index (χ1) is 8.99. The summed E-state index contributed by atoms with van der Waals surface area (Å²) in [6.07, 6.45) is 2.13. The second kappa shape index (κ2) is 6.36. The van der Waals surface area contributed by atoms with Crippen molar-refractivity contribution in [1.82, 2.24) is 0 Å². The van der Waals surface area contributed by atoms with Crippen LogP contribution in [0.4, 0.5) is 0 Å². The summed E-state index contributed by atoms with van der Waals surface area (Å²) >= 11 is 0. The van der Waals surface area contributed by atoms with Crippen LogP contribution >= 0.6 is 0 Å². The quantitative estimate of drug-likeness (QED) is 0.798. The molecule has 1 aromatic rings. The predicted molar refractivity (Wildman–Crippen MR) is 72.4 cm³/mol. The molecule has 0 unspecified atom stereocenters. The van der Waals surface area contributed by atoms with Crippen LogP contribution in [-0.4, -0.2) is 22.6 Å². The molecule has 0 aromatic heterocycles. The van der Waals surface area contributed by atoms with Gasteiger partial charge in [-0.05, 0) is 31.4 Å². The highest BCUT2D eigenvalue weighted by molar-refractivity contribution is 6.02. The Morgan fingerprint density at radius 3 is 1.95 bits per heavy atom. The monoisotopic (exact) mass is 264 g/mol. The number of carbonyl (C=O) groups is 2. The van der Waals surface area contributed by atoms with Crippen molar-refractivity contribution < 1.29 is 19.4 Å². The number of carbonyl (C=O) groups excluding carboxylic acids is 1. The lowest BCUT2D eigenvalue weighted by Gasteiger charge is -2.30. The molecule has 0 bridgehead atoms. The summed E-state index contributed by atoms with van der Waals surface area (Å²) in [5, 5.41) is 9.08. The van der Waals surface area contributed by atoms with Crippen molar-refractivity contribution in [3.63, 3.8) is 0 Å². The third kappa shape index (κ3) is 3.34. The Hall–Kier alpha value is -1.84. The van der Waals surface area contributed by atoms with Crippen LogP contribution in [0.15, 0.2) is 24.3 Å². The summed E-state index contributed by atoms with van der Waals surface area (Å²) in [6, 6.07) is 6.11. The van der Waals surface area contributed by atoms with Crippen LogP contribution in [0.1, 0.15) is 60.7 Å². The zero-order chi connectivity index (χ0) is 14.5. The summed E-state index contributed by atoms with van der Waals surface area (Å²) in [7, 11) is 0. The van der Waals surface area contributed by atoms with Crippen LogP contribution < -0.4 is 0 Å².